The van der Waals surface area contributed by atoms with Crippen molar-refractivity contribution in [2.24, 2.45) is 0 Å². The Labute approximate surface area is 121 Å². The van der Waals surface area contributed by atoms with Crippen LogP contribution in [0.1, 0.15) is 18.6 Å². The number of aliphatic hydroxyl groups is 1. The summed E-state index contributed by atoms with van der Waals surface area (Å²) >= 11 is 0. The van der Waals surface area contributed by atoms with Gasteiger partial charge in [-0.1, -0.05) is 18.2 Å². The van der Waals surface area contributed by atoms with Crippen LogP contribution in [0.5, 0.6) is 17.2 Å². The van der Waals surface area contributed by atoms with Crippen LogP contribution in [0, 0.1) is 10.1 Å². The maximum absolute atomic E-state index is 11.1. The number of ether oxygens (including phenoxy) is 2. The van der Waals surface area contributed by atoms with E-state index in [2.05, 4.69) is 0 Å². The fourth-order valence-corrected chi connectivity index (χ4v) is 1.89. The van der Waals surface area contributed by atoms with Crippen molar-refractivity contribution in [2.45, 2.75) is 13.0 Å². The predicted octanol–water partition coefficient (Wildman–Crippen LogP) is 3.45. The van der Waals surface area contributed by atoms with Gasteiger partial charge in [0.05, 0.1) is 24.2 Å². The maximum Gasteiger partial charge on any atom is 0.315 e. The molecule has 0 aliphatic heterocycles. The number of para-hydroxylation sites is 1. The van der Waals surface area contributed by atoms with Crippen LogP contribution in [-0.2, 0) is 0 Å². The molecule has 0 aliphatic rings. The molecule has 0 amide bonds. The average molecular weight is 289 g/mol. The van der Waals surface area contributed by atoms with Gasteiger partial charge in [0.15, 0.2) is 0 Å². The summed E-state index contributed by atoms with van der Waals surface area (Å²) in [6, 6.07) is 11.2. The number of nitro benzene ring substituents is 1. The number of hydrogen-bond donors (Lipinski definition) is 1. The van der Waals surface area contributed by atoms with Crippen LogP contribution in [0.15, 0.2) is 42.5 Å². The Morgan fingerprint density at radius 3 is 2.52 bits per heavy atom. The molecule has 1 N–H and O–H groups in total. The van der Waals surface area contributed by atoms with E-state index in [0.29, 0.717) is 17.1 Å². The van der Waals surface area contributed by atoms with E-state index in [1.165, 1.54) is 19.2 Å². The van der Waals surface area contributed by atoms with E-state index in [9.17, 15) is 15.2 Å². The average Bonchev–Trinajstić information content (AvgIpc) is 2.47. The topological polar surface area (TPSA) is 81.8 Å². The second-order valence-electron chi connectivity index (χ2n) is 4.41. The third kappa shape index (κ3) is 3.29. The van der Waals surface area contributed by atoms with Crippen molar-refractivity contribution in [1.29, 1.82) is 0 Å². The minimum atomic E-state index is -0.737. The molecule has 1 atom stereocenters. The largest absolute Gasteiger partial charge is 0.496 e. The first kappa shape index (κ1) is 14.8. The molecule has 0 fully saturated rings. The number of hydrogen-bond acceptors (Lipinski definition) is 5. The molecular formula is C15H15NO5. The van der Waals surface area contributed by atoms with Gasteiger partial charge in [-0.25, -0.2) is 0 Å². The van der Waals surface area contributed by atoms with E-state index in [0.717, 1.165) is 0 Å². The highest BCUT2D eigenvalue weighted by molar-refractivity contribution is 5.53. The van der Waals surface area contributed by atoms with Crippen LogP contribution in [0.4, 0.5) is 5.69 Å². The molecular weight excluding hydrogens is 274 g/mol. The molecule has 2 rings (SSSR count). The first-order valence-corrected chi connectivity index (χ1v) is 6.30. The van der Waals surface area contributed by atoms with E-state index in [1.54, 1.807) is 37.3 Å². The van der Waals surface area contributed by atoms with Gasteiger partial charge >= 0.3 is 5.69 Å². The molecule has 2 aromatic rings. The lowest BCUT2D eigenvalue weighted by atomic mass is 10.1. The van der Waals surface area contributed by atoms with Gasteiger partial charge in [-0.2, -0.15) is 0 Å². The normalized spacial score (nSPS) is 11.8. The third-order valence-electron chi connectivity index (χ3n) is 2.95. The Balaban J connectivity index is 2.42. The summed E-state index contributed by atoms with van der Waals surface area (Å²) in [7, 11) is 1.43. The molecule has 0 aliphatic carbocycles. The molecule has 110 valence electrons. The van der Waals surface area contributed by atoms with E-state index >= 15 is 0 Å². The summed E-state index contributed by atoms with van der Waals surface area (Å²) in [5, 5.41) is 20.8. The molecule has 21 heavy (non-hydrogen) atoms. The smallest absolute Gasteiger partial charge is 0.315 e. The quantitative estimate of drug-likeness (QED) is 0.673. The highest BCUT2D eigenvalue weighted by Crippen LogP contribution is 2.36. The minimum absolute atomic E-state index is 0.0916. The van der Waals surface area contributed by atoms with Gasteiger partial charge in [0.25, 0.3) is 0 Å². The molecule has 0 saturated carbocycles. The molecule has 0 unspecified atom stereocenters. The third-order valence-corrected chi connectivity index (χ3v) is 2.95. The number of nitrogens with zero attached hydrogens (tertiary/aromatic N) is 1. The Hall–Kier alpha value is -2.60. The maximum atomic E-state index is 11.1. The molecule has 6 heteroatoms. The summed E-state index contributed by atoms with van der Waals surface area (Å²) in [6.07, 6.45) is -0.737. The molecule has 0 spiro atoms. The first-order chi connectivity index (χ1) is 10.0. The molecule has 0 saturated heterocycles. The molecule has 0 bridgehead atoms. The summed E-state index contributed by atoms with van der Waals surface area (Å²) in [4.78, 5) is 10.6. The van der Waals surface area contributed by atoms with Gasteiger partial charge in [0.1, 0.15) is 11.5 Å². The Kier molecular flexibility index (Phi) is 4.39. The van der Waals surface area contributed by atoms with E-state index in [1.807, 2.05) is 0 Å². The SMILES string of the molecule is COc1ccc(Oc2ccccc2[C@H](C)O)c([N+](=O)[O-])c1. The van der Waals surface area contributed by atoms with Gasteiger partial charge in [0, 0.05) is 5.56 Å². The van der Waals surface area contributed by atoms with E-state index < -0.39 is 11.0 Å². The molecule has 2 aromatic carbocycles. The Morgan fingerprint density at radius 2 is 1.90 bits per heavy atom. The van der Waals surface area contributed by atoms with Gasteiger partial charge in [-0.05, 0) is 25.1 Å². The lowest BCUT2D eigenvalue weighted by Gasteiger charge is -2.13. The number of nitro groups is 1. The van der Waals surface area contributed by atoms with Crippen LogP contribution in [-0.4, -0.2) is 17.1 Å². The second-order valence-corrected chi connectivity index (χ2v) is 4.41. The van der Waals surface area contributed by atoms with Gasteiger partial charge in [-0.15, -0.1) is 0 Å². The van der Waals surface area contributed by atoms with Crippen LogP contribution in [0.25, 0.3) is 0 Å². The van der Waals surface area contributed by atoms with Crippen molar-refractivity contribution in [1.82, 2.24) is 0 Å². The fourth-order valence-electron chi connectivity index (χ4n) is 1.89. The van der Waals surface area contributed by atoms with Crippen molar-refractivity contribution in [3.05, 3.63) is 58.1 Å². The first-order valence-electron chi connectivity index (χ1n) is 6.30. The summed E-state index contributed by atoms with van der Waals surface area (Å²) in [5.74, 6) is 0.840. The van der Waals surface area contributed by atoms with Gasteiger partial charge in [0.2, 0.25) is 5.75 Å². The monoisotopic (exact) mass is 289 g/mol. The van der Waals surface area contributed by atoms with Gasteiger partial charge < -0.3 is 14.6 Å². The van der Waals surface area contributed by atoms with Crippen molar-refractivity contribution >= 4 is 5.69 Å². The van der Waals surface area contributed by atoms with Crippen LogP contribution in [0.2, 0.25) is 0 Å². The highest BCUT2D eigenvalue weighted by atomic mass is 16.6. The van der Waals surface area contributed by atoms with Crippen molar-refractivity contribution < 1.29 is 19.5 Å². The van der Waals surface area contributed by atoms with Crippen LogP contribution in [0.3, 0.4) is 0 Å². The lowest BCUT2D eigenvalue weighted by Crippen LogP contribution is -1.98. The standard InChI is InChI=1S/C15H15NO5/c1-10(17)12-5-3-4-6-14(12)21-15-8-7-11(20-2)9-13(15)16(18)19/h3-10,17H,1-2H3/t10-/m0/s1. The number of benzene rings is 2. The van der Waals surface area contributed by atoms with Crippen molar-refractivity contribution in [2.75, 3.05) is 7.11 Å². The van der Waals surface area contributed by atoms with Gasteiger partial charge in [-0.3, -0.25) is 10.1 Å². The fraction of sp³-hybridized carbons (Fsp3) is 0.200. The van der Waals surface area contributed by atoms with Crippen LogP contribution >= 0.6 is 0 Å². The zero-order valence-corrected chi connectivity index (χ0v) is 11.6. The summed E-state index contributed by atoms with van der Waals surface area (Å²) < 4.78 is 10.6. The lowest BCUT2D eigenvalue weighted by molar-refractivity contribution is -0.385. The molecule has 0 aromatic heterocycles. The predicted molar refractivity (Wildman–Crippen MR) is 76.8 cm³/mol. The van der Waals surface area contributed by atoms with Crippen molar-refractivity contribution in [3.8, 4) is 17.2 Å². The molecule has 0 heterocycles. The summed E-state index contributed by atoms with van der Waals surface area (Å²) in [6.45, 7) is 1.60. The summed E-state index contributed by atoms with van der Waals surface area (Å²) in [5.41, 5.74) is 0.359. The van der Waals surface area contributed by atoms with E-state index in [4.69, 9.17) is 9.47 Å². The number of aliphatic hydroxyl groups excluding tert-OH is 1. The highest BCUT2D eigenvalue weighted by Gasteiger charge is 2.19. The molecule has 6 nitrogen and oxygen atoms in total. The van der Waals surface area contributed by atoms with E-state index in [-0.39, 0.29) is 11.4 Å². The van der Waals surface area contributed by atoms with Crippen LogP contribution < -0.4 is 9.47 Å². The minimum Gasteiger partial charge on any atom is -0.496 e. The zero-order chi connectivity index (χ0) is 15.4. The van der Waals surface area contributed by atoms with Crippen molar-refractivity contribution in [3.63, 3.8) is 0 Å². The zero-order valence-electron chi connectivity index (χ0n) is 11.6. The molecule has 0 radical (unpaired) electrons. The second kappa shape index (κ2) is 6.23. The number of methoxy groups -OCH3 is 1. The Morgan fingerprint density at radius 1 is 1.19 bits per heavy atom. The Bertz CT molecular complexity index is 654. The number of rotatable bonds is 5.